The number of carbonyl (C=O) groups excluding carboxylic acids is 3. The molecular weight excluding hydrogens is 352 g/mol. The van der Waals surface area contributed by atoms with Gasteiger partial charge in [0.25, 0.3) is 5.91 Å². The summed E-state index contributed by atoms with van der Waals surface area (Å²) in [6, 6.07) is 4.80. The van der Waals surface area contributed by atoms with E-state index in [-0.39, 0.29) is 24.4 Å². The van der Waals surface area contributed by atoms with Crippen molar-refractivity contribution in [2.24, 2.45) is 0 Å². The molecule has 0 spiro atoms. The Hall–Kier alpha value is -2.32. The molecule has 0 radical (unpaired) electrons. The molecule has 1 saturated carbocycles. The van der Waals surface area contributed by atoms with Crippen LogP contribution >= 0.6 is 11.9 Å². The van der Waals surface area contributed by atoms with Crippen LogP contribution in [0, 0.1) is 13.8 Å². The van der Waals surface area contributed by atoms with Crippen molar-refractivity contribution in [3.8, 4) is 0 Å². The predicted octanol–water partition coefficient (Wildman–Crippen LogP) is 2.13. The van der Waals surface area contributed by atoms with Gasteiger partial charge in [0.1, 0.15) is 12.6 Å². The van der Waals surface area contributed by atoms with Gasteiger partial charge in [0, 0.05) is 17.1 Å². The summed E-state index contributed by atoms with van der Waals surface area (Å²) >= 11 is 1.27. The minimum atomic E-state index is -0.563. The summed E-state index contributed by atoms with van der Waals surface area (Å²) in [4.78, 5) is 40.7. The Bertz CT molecular complexity index is 813. The van der Waals surface area contributed by atoms with Gasteiger partial charge in [0.05, 0.1) is 5.70 Å². The normalized spacial score (nSPS) is 22.4. The van der Waals surface area contributed by atoms with Gasteiger partial charge < -0.3 is 5.32 Å². The van der Waals surface area contributed by atoms with Crippen molar-refractivity contribution in [2.75, 3.05) is 11.9 Å². The second kappa shape index (κ2) is 6.44. The molecule has 1 aromatic rings. The zero-order valence-corrected chi connectivity index (χ0v) is 15.4. The molecule has 136 valence electrons. The van der Waals surface area contributed by atoms with Gasteiger partial charge in [0.15, 0.2) is 0 Å². The van der Waals surface area contributed by atoms with E-state index >= 15 is 0 Å². The van der Waals surface area contributed by atoms with Gasteiger partial charge in [-0.05, 0) is 49.9 Å². The van der Waals surface area contributed by atoms with Crippen molar-refractivity contribution in [2.45, 2.75) is 38.8 Å². The lowest BCUT2D eigenvalue weighted by Gasteiger charge is -2.38. The van der Waals surface area contributed by atoms with Gasteiger partial charge in [0.2, 0.25) is 5.91 Å². The summed E-state index contributed by atoms with van der Waals surface area (Å²) < 4.78 is 3.02. The highest BCUT2D eigenvalue weighted by atomic mass is 32.2. The first kappa shape index (κ1) is 17.1. The Morgan fingerprint density at radius 2 is 1.92 bits per heavy atom. The average Bonchev–Trinajstić information content (AvgIpc) is 3.25. The highest BCUT2D eigenvalue weighted by Gasteiger charge is 2.50. The molecule has 3 aliphatic rings. The Kier molecular flexibility index (Phi) is 4.24. The van der Waals surface area contributed by atoms with Gasteiger partial charge >= 0.3 is 6.03 Å². The van der Waals surface area contributed by atoms with E-state index in [1.807, 2.05) is 32.0 Å². The average molecular weight is 372 g/mol. The molecule has 2 N–H and O–H groups in total. The number of anilines is 1. The number of carbonyl (C=O) groups is 3. The molecule has 1 saturated heterocycles. The lowest BCUT2D eigenvalue weighted by Crippen LogP contribution is -2.60. The summed E-state index contributed by atoms with van der Waals surface area (Å²) in [5.74, 6) is -0.510. The maximum Gasteiger partial charge on any atom is 0.331 e. The number of amides is 4. The molecule has 26 heavy (non-hydrogen) atoms. The van der Waals surface area contributed by atoms with Gasteiger partial charge in [-0.1, -0.05) is 18.0 Å². The Morgan fingerprint density at radius 1 is 1.23 bits per heavy atom. The van der Waals surface area contributed by atoms with Crippen LogP contribution in [0.5, 0.6) is 0 Å². The van der Waals surface area contributed by atoms with Crippen LogP contribution in [0.2, 0.25) is 0 Å². The van der Waals surface area contributed by atoms with Crippen molar-refractivity contribution >= 4 is 35.5 Å². The van der Waals surface area contributed by atoms with Crippen LogP contribution in [0.25, 0.3) is 0 Å². The Balaban J connectivity index is 1.52. The number of hydrogen-bond donors (Lipinski definition) is 2. The number of aryl methyl sites for hydroxylation is 2. The molecule has 1 aliphatic carbocycles. The number of nitrogens with zero attached hydrogens (tertiary/aromatic N) is 2. The zero-order valence-electron chi connectivity index (χ0n) is 14.6. The summed E-state index contributed by atoms with van der Waals surface area (Å²) in [6.07, 6.45) is 1.66. The largest absolute Gasteiger partial charge is 0.331 e. The number of urea groups is 1. The van der Waals surface area contributed by atoms with Crippen molar-refractivity contribution in [1.82, 2.24) is 14.5 Å². The number of hydrogen-bond acceptors (Lipinski definition) is 5. The van der Waals surface area contributed by atoms with Crippen LogP contribution in [0.1, 0.15) is 24.0 Å². The molecule has 2 fully saturated rings. The van der Waals surface area contributed by atoms with Crippen LogP contribution in [0.4, 0.5) is 10.5 Å². The van der Waals surface area contributed by atoms with E-state index in [4.69, 9.17) is 0 Å². The van der Waals surface area contributed by atoms with Crippen molar-refractivity contribution in [3.05, 3.63) is 40.4 Å². The fourth-order valence-corrected chi connectivity index (χ4v) is 4.19. The number of rotatable bonds is 4. The Morgan fingerprint density at radius 3 is 2.58 bits per heavy atom. The smallest absolute Gasteiger partial charge is 0.325 e. The van der Waals surface area contributed by atoms with Crippen molar-refractivity contribution < 1.29 is 14.4 Å². The monoisotopic (exact) mass is 372 g/mol. The molecule has 1 aromatic carbocycles. The first-order valence-electron chi connectivity index (χ1n) is 8.58. The highest BCUT2D eigenvalue weighted by Crippen LogP contribution is 2.36. The van der Waals surface area contributed by atoms with Gasteiger partial charge in [-0.15, -0.1) is 0 Å². The van der Waals surface area contributed by atoms with Gasteiger partial charge in [-0.25, -0.2) is 9.52 Å². The molecule has 1 atom stereocenters. The fourth-order valence-electron chi connectivity index (χ4n) is 3.38. The second-order valence-electron chi connectivity index (χ2n) is 6.94. The SMILES string of the molecule is Cc1cc(C)cc(NC(=O)CN2C(=O)N(C3CC3)C(=O)C3NSC=C32)c1. The Labute approximate surface area is 155 Å². The molecule has 2 aliphatic heterocycles. The van der Waals surface area contributed by atoms with E-state index in [1.54, 1.807) is 5.41 Å². The maximum absolute atomic E-state index is 12.8. The van der Waals surface area contributed by atoms with Crippen LogP contribution < -0.4 is 10.0 Å². The van der Waals surface area contributed by atoms with E-state index in [9.17, 15) is 14.4 Å². The number of fused-ring (bicyclic) bond motifs is 1. The molecule has 7 nitrogen and oxygen atoms in total. The molecule has 1 unspecified atom stereocenters. The molecule has 4 amide bonds. The molecular formula is C18H20N4O3S. The summed E-state index contributed by atoms with van der Waals surface area (Å²) in [7, 11) is 0. The van der Waals surface area contributed by atoms with E-state index < -0.39 is 12.1 Å². The van der Waals surface area contributed by atoms with Crippen molar-refractivity contribution in [1.29, 1.82) is 0 Å². The third-order valence-corrected chi connectivity index (χ3v) is 5.34. The number of benzene rings is 1. The third kappa shape index (κ3) is 3.10. The quantitative estimate of drug-likeness (QED) is 0.792. The predicted molar refractivity (Wildman–Crippen MR) is 99.1 cm³/mol. The van der Waals surface area contributed by atoms with Crippen LogP contribution in [0.15, 0.2) is 29.3 Å². The lowest BCUT2D eigenvalue weighted by molar-refractivity contribution is -0.132. The van der Waals surface area contributed by atoms with E-state index in [0.717, 1.165) is 24.0 Å². The molecule has 0 aromatic heterocycles. The molecule has 0 bridgehead atoms. The molecule has 8 heteroatoms. The molecule has 4 rings (SSSR count). The zero-order chi connectivity index (χ0) is 18.4. The van der Waals surface area contributed by atoms with E-state index in [1.165, 1.54) is 21.7 Å². The second-order valence-corrected chi connectivity index (χ2v) is 7.65. The first-order chi connectivity index (χ1) is 12.4. The summed E-state index contributed by atoms with van der Waals surface area (Å²) in [5.41, 5.74) is 3.37. The van der Waals surface area contributed by atoms with Crippen LogP contribution in [0.3, 0.4) is 0 Å². The van der Waals surface area contributed by atoms with E-state index in [0.29, 0.717) is 11.4 Å². The van der Waals surface area contributed by atoms with Gasteiger partial charge in [-0.3, -0.25) is 19.4 Å². The summed E-state index contributed by atoms with van der Waals surface area (Å²) in [6.45, 7) is 3.81. The van der Waals surface area contributed by atoms with E-state index in [2.05, 4.69) is 10.0 Å². The van der Waals surface area contributed by atoms with Crippen molar-refractivity contribution in [3.63, 3.8) is 0 Å². The van der Waals surface area contributed by atoms with Gasteiger partial charge in [-0.2, -0.15) is 0 Å². The lowest BCUT2D eigenvalue weighted by atomic mass is 10.1. The number of imide groups is 1. The minimum absolute atomic E-state index is 0.0334. The standard InChI is InChI=1S/C18H20N4O3S/c1-10-5-11(2)7-12(6-10)19-15(23)8-21-14-9-26-20-16(14)17(24)22(18(21)25)13-3-4-13/h5-7,9,13,16,20H,3-4,8H2,1-2H3,(H,19,23). The minimum Gasteiger partial charge on any atom is -0.325 e. The third-order valence-electron chi connectivity index (χ3n) is 4.61. The molecule has 2 heterocycles. The fraction of sp³-hybridized carbons (Fsp3) is 0.389. The summed E-state index contributed by atoms with van der Waals surface area (Å²) in [5, 5.41) is 4.58. The van der Waals surface area contributed by atoms with Crippen LogP contribution in [-0.2, 0) is 9.59 Å². The topological polar surface area (TPSA) is 81.8 Å². The first-order valence-corrected chi connectivity index (χ1v) is 9.46. The van der Waals surface area contributed by atoms with Crippen LogP contribution in [-0.4, -0.2) is 46.3 Å². The maximum atomic E-state index is 12.8. The number of nitrogens with one attached hydrogen (secondary N) is 2. The highest BCUT2D eigenvalue weighted by molar-refractivity contribution is 8.00.